The van der Waals surface area contributed by atoms with Gasteiger partial charge in [0.15, 0.2) is 0 Å². The van der Waals surface area contributed by atoms with Crippen LogP contribution in [-0.2, 0) is 0 Å². The number of hydrogen-bond acceptors (Lipinski definition) is 2. The second-order valence-corrected chi connectivity index (χ2v) is 5.53. The monoisotopic (exact) mass is 318 g/mol. The fraction of sp³-hybridized carbons (Fsp3) is 0.273. The molecule has 1 unspecified atom stereocenters. The van der Waals surface area contributed by atoms with Crippen molar-refractivity contribution in [2.45, 2.75) is 18.7 Å². The first-order valence-corrected chi connectivity index (χ1v) is 6.23. The van der Waals surface area contributed by atoms with Crippen LogP contribution < -0.4 is 5.56 Å². The number of aromatic amines is 1. The summed E-state index contributed by atoms with van der Waals surface area (Å²) in [6.45, 7) is 3.37. The van der Waals surface area contributed by atoms with Gasteiger partial charge in [-0.3, -0.25) is 4.79 Å². The Bertz CT molecular complexity index is 654. The summed E-state index contributed by atoms with van der Waals surface area (Å²) in [4.78, 5) is 18.0. The van der Waals surface area contributed by atoms with E-state index in [9.17, 15) is 9.18 Å². The zero-order valence-electron chi connectivity index (χ0n) is 9.14. The van der Waals surface area contributed by atoms with E-state index >= 15 is 0 Å². The lowest BCUT2D eigenvalue weighted by Gasteiger charge is -2.10. The van der Waals surface area contributed by atoms with Gasteiger partial charge in [0.05, 0.1) is 10.5 Å². The summed E-state index contributed by atoms with van der Waals surface area (Å²) in [6, 6.07) is 1.51. The number of benzene rings is 1. The highest BCUT2D eigenvalue weighted by molar-refractivity contribution is 9.09. The highest BCUT2D eigenvalue weighted by Crippen LogP contribution is 2.34. The van der Waals surface area contributed by atoms with Gasteiger partial charge >= 0.3 is 0 Å². The molecule has 0 bridgehead atoms. The van der Waals surface area contributed by atoms with E-state index in [2.05, 4.69) is 25.9 Å². The van der Waals surface area contributed by atoms with Crippen molar-refractivity contribution in [2.75, 3.05) is 0 Å². The van der Waals surface area contributed by atoms with E-state index < -0.39 is 11.4 Å². The average molecular weight is 320 g/mol. The van der Waals surface area contributed by atoms with Crippen LogP contribution in [0.1, 0.15) is 23.1 Å². The number of nitrogens with one attached hydrogen (secondary N) is 1. The maximum absolute atomic E-state index is 14.2. The molecule has 1 aromatic carbocycles. The van der Waals surface area contributed by atoms with E-state index in [0.29, 0.717) is 5.82 Å². The maximum Gasteiger partial charge on any atom is 0.261 e. The van der Waals surface area contributed by atoms with Crippen LogP contribution in [0.2, 0.25) is 5.02 Å². The first-order valence-electron chi connectivity index (χ1n) is 4.94. The van der Waals surface area contributed by atoms with Crippen molar-refractivity contribution in [1.82, 2.24) is 9.97 Å². The molecule has 1 heterocycles. The van der Waals surface area contributed by atoms with Crippen LogP contribution in [0.25, 0.3) is 10.9 Å². The molecule has 0 aliphatic rings. The number of hydrogen-bond donors (Lipinski definition) is 1. The van der Waals surface area contributed by atoms with Crippen molar-refractivity contribution in [2.24, 2.45) is 0 Å². The second kappa shape index (κ2) is 4.38. The molecule has 0 aliphatic carbocycles. The third kappa shape index (κ3) is 2.09. The summed E-state index contributed by atoms with van der Waals surface area (Å²) < 4.78 is 14.2. The van der Waals surface area contributed by atoms with Gasteiger partial charge < -0.3 is 4.98 Å². The second-order valence-electron chi connectivity index (χ2n) is 3.75. The molecular weight excluding hydrogens is 310 g/mol. The Balaban J connectivity index is 2.97. The van der Waals surface area contributed by atoms with Crippen molar-refractivity contribution in [3.63, 3.8) is 0 Å². The normalized spacial score (nSPS) is 13.0. The lowest BCUT2D eigenvalue weighted by molar-refractivity contribution is 0.622. The molecule has 2 rings (SSSR count). The molecule has 0 aliphatic heterocycles. The summed E-state index contributed by atoms with van der Waals surface area (Å²) in [7, 11) is 0. The first kappa shape index (κ1) is 12.5. The number of fused-ring (bicyclic) bond motifs is 1. The summed E-state index contributed by atoms with van der Waals surface area (Å²) in [5.41, 5.74) is 0.0528. The van der Waals surface area contributed by atoms with E-state index in [-0.39, 0.29) is 26.3 Å². The lowest BCUT2D eigenvalue weighted by atomic mass is 10.1. The smallest absolute Gasteiger partial charge is 0.261 e. The van der Waals surface area contributed by atoms with Crippen LogP contribution in [0.3, 0.4) is 0 Å². The molecule has 0 saturated heterocycles. The van der Waals surface area contributed by atoms with Crippen molar-refractivity contribution < 1.29 is 4.39 Å². The van der Waals surface area contributed by atoms with E-state index in [1.54, 1.807) is 13.8 Å². The first-order chi connectivity index (χ1) is 7.91. The van der Waals surface area contributed by atoms with Crippen LogP contribution >= 0.6 is 27.5 Å². The Hall–Kier alpha value is -0.940. The van der Waals surface area contributed by atoms with Crippen molar-refractivity contribution in [3.05, 3.63) is 38.6 Å². The van der Waals surface area contributed by atoms with E-state index in [1.807, 2.05) is 0 Å². The predicted molar refractivity (Wildman–Crippen MR) is 69.4 cm³/mol. The number of aryl methyl sites for hydroxylation is 1. The third-order valence-corrected chi connectivity index (χ3v) is 3.21. The number of alkyl halides is 1. The fourth-order valence-electron chi connectivity index (χ4n) is 1.73. The third-order valence-electron chi connectivity index (χ3n) is 2.44. The van der Waals surface area contributed by atoms with Gasteiger partial charge in [-0.05, 0) is 19.9 Å². The highest BCUT2D eigenvalue weighted by Gasteiger charge is 2.19. The van der Waals surface area contributed by atoms with Crippen molar-refractivity contribution in [3.8, 4) is 0 Å². The molecule has 90 valence electrons. The van der Waals surface area contributed by atoms with Crippen LogP contribution in [-0.4, -0.2) is 9.97 Å². The molecule has 0 saturated carbocycles. The predicted octanol–water partition coefficient (Wildman–Crippen LogP) is 3.48. The van der Waals surface area contributed by atoms with E-state index in [4.69, 9.17) is 11.6 Å². The molecule has 1 atom stereocenters. The molecular formula is C11H9BrClFN2O. The quantitative estimate of drug-likeness (QED) is 0.818. The Morgan fingerprint density at radius 1 is 1.59 bits per heavy atom. The minimum absolute atomic E-state index is 0.0544. The Morgan fingerprint density at radius 3 is 2.82 bits per heavy atom. The number of halogens is 3. The lowest BCUT2D eigenvalue weighted by Crippen LogP contribution is -2.12. The van der Waals surface area contributed by atoms with Crippen LogP contribution in [0.15, 0.2) is 10.9 Å². The zero-order valence-corrected chi connectivity index (χ0v) is 11.5. The molecule has 17 heavy (non-hydrogen) atoms. The minimum atomic E-state index is -0.620. The van der Waals surface area contributed by atoms with Gasteiger partial charge in [0, 0.05) is 10.4 Å². The van der Waals surface area contributed by atoms with Gasteiger partial charge in [0.2, 0.25) is 0 Å². The number of aromatic nitrogens is 2. The summed E-state index contributed by atoms with van der Waals surface area (Å²) >= 11 is 9.24. The van der Waals surface area contributed by atoms with Gasteiger partial charge in [-0.1, -0.05) is 27.5 Å². The number of rotatable bonds is 1. The van der Waals surface area contributed by atoms with Crippen molar-refractivity contribution in [1.29, 1.82) is 0 Å². The number of nitrogens with zero attached hydrogens (tertiary/aromatic N) is 1. The summed E-state index contributed by atoms with van der Waals surface area (Å²) in [5, 5.41) is 0.207. The highest BCUT2D eigenvalue weighted by atomic mass is 79.9. The Morgan fingerprint density at radius 2 is 2.24 bits per heavy atom. The fourth-order valence-corrected chi connectivity index (χ4v) is 2.66. The molecule has 1 N–H and O–H groups in total. The maximum atomic E-state index is 14.2. The SMILES string of the molecule is Cc1nc2cc(Cl)c(C(C)Br)c(F)c2c(=O)[nH]1. The van der Waals surface area contributed by atoms with Gasteiger partial charge in [-0.15, -0.1) is 0 Å². The van der Waals surface area contributed by atoms with E-state index in [0.717, 1.165) is 0 Å². The molecule has 3 nitrogen and oxygen atoms in total. The summed E-state index contributed by atoms with van der Waals surface area (Å²) in [5.74, 6) is -0.191. The average Bonchev–Trinajstić information content (AvgIpc) is 2.13. The van der Waals surface area contributed by atoms with Crippen LogP contribution in [0.4, 0.5) is 4.39 Å². The molecule has 0 spiro atoms. The van der Waals surface area contributed by atoms with E-state index in [1.165, 1.54) is 6.07 Å². The topological polar surface area (TPSA) is 45.8 Å². The molecule has 6 heteroatoms. The Labute approximate surface area is 110 Å². The largest absolute Gasteiger partial charge is 0.310 e. The van der Waals surface area contributed by atoms with Crippen LogP contribution in [0.5, 0.6) is 0 Å². The molecule has 0 radical (unpaired) electrons. The zero-order chi connectivity index (χ0) is 12.7. The molecule has 1 aromatic heterocycles. The van der Waals surface area contributed by atoms with Gasteiger partial charge in [-0.2, -0.15) is 0 Å². The van der Waals surface area contributed by atoms with Crippen molar-refractivity contribution >= 4 is 38.4 Å². The van der Waals surface area contributed by atoms with Crippen LogP contribution in [0, 0.1) is 12.7 Å². The van der Waals surface area contributed by atoms with Gasteiger partial charge in [0.25, 0.3) is 5.56 Å². The van der Waals surface area contributed by atoms with Gasteiger partial charge in [0.1, 0.15) is 17.0 Å². The Kier molecular flexibility index (Phi) is 3.23. The summed E-state index contributed by atoms with van der Waals surface area (Å²) in [6.07, 6.45) is 0. The minimum Gasteiger partial charge on any atom is -0.310 e. The number of H-pyrrole nitrogens is 1. The molecule has 0 fully saturated rings. The molecule has 2 aromatic rings. The van der Waals surface area contributed by atoms with Gasteiger partial charge in [-0.25, -0.2) is 9.37 Å². The molecule has 0 amide bonds. The standard InChI is InChI=1S/C11H9BrClFN2O/c1-4(12)8-6(13)3-7-9(10(8)14)11(17)16-5(2)15-7/h3-4H,1-2H3,(H,15,16,17).